The lowest BCUT2D eigenvalue weighted by Crippen LogP contribution is -2.52. The van der Waals surface area contributed by atoms with Crippen LogP contribution in [0.5, 0.6) is 0 Å². The van der Waals surface area contributed by atoms with Crippen molar-refractivity contribution in [1.82, 2.24) is 4.90 Å². The Labute approximate surface area is 244 Å². The van der Waals surface area contributed by atoms with Crippen LogP contribution in [0.4, 0.5) is 0 Å². The Morgan fingerprint density at radius 1 is 1.05 bits per heavy atom. The van der Waals surface area contributed by atoms with Gasteiger partial charge in [0.15, 0.2) is 8.32 Å². The molecule has 212 valence electrons. The van der Waals surface area contributed by atoms with Gasteiger partial charge in [0.2, 0.25) is 5.91 Å². The van der Waals surface area contributed by atoms with Crippen LogP contribution in [0.3, 0.4) is 0 Å². The van der Waals surface area contributed by atoms with Gasteiger partial charge >= 0.3 is 5.97 Å². The Kier molecular flexibility index (Phi) is 8.92. The number of carbonyl (C=O) groups excluding carboxylic acids is 2. The lowest BCUT2D eigenvalue weighted by Gasteiger charge is -2.45. The van der Waals surface area contributed by atoms with E-state index in [0.717, 1.165) is 12.0 Å². The molecule has 39 heavy (non-hydrogen) atoms. The number of nitrogens with zero attached hydrogens (tertiary/aromatic N) is 1. The summed E-state index contributed by atoms with van der Waals surface area (Å²) in [6.07, 6.45) is 1.61. The maximum atomic E-state index is 14.0. The van der Waals surface area contributed by atoms with E-state index in [0.29, 0.717) is 35.2 Å². The van der Waals surface area contributed by atoms with Crippen LogP contribution in [0, 0.1) is 5.92 Å². The molecule has 2 aromatic carbocycles. The Morgan fingerprint density at radius 3 is 2.28 bits per heavy atom. The van der Waals surface area contributed by atoms with Crippen LogP contribution in [0.15, 0.2) is 36.4 Å². The number of hydrogen-bond donors (Lipinski definition) is 0. The quantitative estimate of drug-likeness (QED) is 0.233. The van der Waals surface area contributed by atoms with Crippen molar-refractivity contribution in [2.75, 3.05) is 13.2 Å². The van der Waals surface area contributed by atoms with Crippen LogP contribution in [-0.4, -0.2) is 44.3 Å². The van der Waals surface area contributed by atoms with E-state index in [1.165, 1.54) is 11.1 Å². The molecule has 2 aliphatic rings. The summed E-state index contributed by atoms with van der Waals surface area (Å²) in [6, 6.07) is 11.3. The molecule has 4 atom stereocenters. The summed E-state index contributed by atoms with van der Waals surface area (Å²) >= 11 is 12.9. The van der Waals surface area contributed by atoms with Crippen LogP contribution >= 0.6 is 23.2 Å². The molecule has 4 rings (SSSR count). The lowest BCUT2D eigenvalue weighted by molar-refractivity contribution is -0.144. The van der Waals surface area contributed by atoms with Crippen LogP contribution < -0.4 is 0 Å². The Balaban J connectivity index is 1.68. The van der Waals surface area contributed by atoms with Crippen molar-refractivity contribution in [2.24, 2.45) is 5.92 Å². The SMILES string of the molecule is CCOC(=O)[C@H]1C[C@@H]1c1cccc2c1C[C@H](CO[Si](C)(C)C(C)(C)C)N(C(=O)Cc1c(Cl)cccc1Cl)[C@H]2C. The van der Waals surface area contributed by atoms with Gasteiger partial charge in [0, 0.05) is 10.0 Å². The van der Waals surface area contributed by atoms with Crippen LogP contribution in [0.25, 0.3) is 0 Å². The van der Waals surface area contributed by atoms with E-state index < -0.39 is 8.32 Å². The van der Waals surface area contributed by atoms with Gasteiger partial charge in [-0.1, -0.05) is 68.2 Å². The standard InChI is InChI=1S/C31H41Cl2NO4Si/c1-8-37-30(36)25-16-24(25)22-12-9-11-21-19(2)34(29(35)17-26-27(32)13-10-14-28(26)33)20(15-23(21)22)18-38-39(6,7)31(3,4)5/h9-14,19-20,24-25H,8,15-18H2,1-7H3/t19-,20+,24+,25-/m0/s1. The second-order valence-electron chi connectivity index (χ2n) is 12.4. The van der Waals surface area contributed by atoms with Gasteiger partial charge in [0.25, 0.3) is 0 Å². The van der Waals surface area contributed by atoms with Gasteiger partial charge < -0.3 is 14.1 Å². The third-order valence-corrected chi connectivity index (χ3v) is 14.1. The van der Waals surface area contributed by atoms with E-state index in [-0.39, 0.29) is 47.3 Å². The number of benzene rings is 2. The van der Waals surface area contributed by atoms with E-state index in [1.807, 2.05) is 17.9 Å². The Morgan fingerprint density at radius 2 is 1.67 bits per heavy atom. The van der Waals surface area contributed by atoms with Crippen LogP contribution in [-0.2, 0) is 31.6 Å². The molecule has 1 amide bonds. The van der Waals surface area contributed by atoms with Gasteiger partial charge in [-0.3, -0.25) is 9.59 Å². The minimum Gasteiger partial charge on any atom is -0.466 e. The normalized spacial score (nSPS) is 22.8. The summed E-state index contributed by atoms with van der Waals surface area (Å²) in [5, 5.41) is 1.05. The fourth-order valence-electron chi connectivity index (χ4n) is 5.47. The van der Waals surface area contributed by atoms with E-state index >= 15 is 0 Å². The van der Waals surface area contributed by atoms with E-state index in [9.17, 15) is 9.59 Å². The molecule has 0 radical (unpaired) electrons. The number of carbonyl (C=O) groups is 2. The third-order valence-electron chi connectivity index (χ3n) is 8.85. The number of ether oxygens (including phenoxy) is 1. The smallest absolute Gasteiger partial charge is 0.309 e. The molecule has 5 nitrogen and oxygen atoms in total. The highest BCUT2D eigenvalue weighted by Crippen LogP contribution is 2.51. The summed E-state index contributed by atoms with van der Waals surface area (Å²) in [5.41, 5.74) is 4.22. The van der Waals surface area contributed by atoms with Gasteiger partial charge in [-0.2, -0.15) is 0 Å². The zero-order valence-corrected chi connectivity index (χ0v) is 26.7. The average molecular weight is 591 g/mol. The van der Waals surface area contributed by atoms with E-state index in [4.69, 9.17) is 32.4 Å². The lowest BCUT2D eigenvalue weighted by atomic mass is 9.84. The molecule has 0 spiro atoms. The van der Waals surface area contributed by atoms with Crippen molar-refractivity contribution in [3.8, 4) is 0 Å². The summed E-state index contributed by atoms with van der Waals surface area (Å²) in [7, 11) is -2.06. The molecule has 2 aromatic rings. The predicted molar refractivity (Wildman–Crippen MR) is 160 cm³/mol. The van der Waals surface area contributed by atoms with Gasteiger partial charge in [-0.05, 0) is 85.1 Å². The van der Waals surface area contributed by atoms with Gasteiger partial charge in [0.1, 0.15) is 0 Å². The highest BCUT2D eigenvalue weighted by Gasteiger charge is 2.48. The Hall–Kier alpha value is -1.86. The summed E-state index contributed by atoms with van der Waals surface area (Å²) in [5.74, 6) is -0.0588. The van der Waals surface area contributed by atoms with Gasteiger partial charge in [0.05, 0.1) is 37.6 Å². The highest BCUT2D eigenvalue weighted by molar-refractivity contribution is 6.74. The second kappa shape index (κ2) is 11.6. The van der Waals surface area contributed by atoms with Crippen molar-refractivity contribution < 1.29 is 18.8 Å². The minimum absolute atomic E-state index is 0.0202. The van der Waals surface area contributed by atoms with Crippen molar-refractivity contribution in [2.45, 2.75) is 90.0 Å². The maximum absolute atomic E-state index is 14.0. The van der Waals surface area contributed by atoms with E-state index in [1.54, 1.807) is 18.2 Å². The van der Waals surface area contributed by atoms with Gasteiger partial charge in [-0.25, -0.2) is 0 Å². The molecular weight excluding hydrogens is 549 g/mol. The predicted octanol–water partition coefficient (Wildman–Crippen LogP) is 7.74. The fourth-order valence-corrected chi connectivity index (χ4v) is 7.04. The van der Waals surface area contributed by atoms with Crippen molar-refractivity contribution in [1.29, 1.82) is 0 Å². The van der Waals surface area contributed by atoms with Crippen molar-refractivity contribution in [3.63, 3.8) is 0 Å². The molecular formula is C31H41Cl2NO4Si. The highest BCUT2D eigenvalue weighted by atomic mass is 35.5. The topological polar surface area (TPSA) is 55.8 Å². The number of rotatable bonds is 8. The van der Waals surface area contributed by atoms with Crippen LogP contribution in [0.2, 0.25) is 28.2 Å². The first-order valence-electron chi connectivity index (χ1n) is 13.9. The molecule has 0 bridgehead atoms. The molecule has 0 saturated heterocycles. The average Bonchev–Trinajstić information content (AvgIpc) is 3.65. The molecule has 1 aliphatic carbocycles. The Bertz CT molecular complexity index is 1220. The molecule has 1 heterocycles. The summed E-state index contributed by atoms with van der Waals surface area (Å²) in [4.78, 5) is 28.4. The van der Waals surface area contributed by atoms with Crippen LogP contribution in [0.1, 0.15) is 75.3 Å². The third kappa shape index (κ3) is 6.24. The molecule has 0 unspecified atom stereocenters. The number of amides is 1. The zero-order valence-electron chi connectivity index (χ0n) is 24.1. The summed E-state index contributed by atoms with van der Waals surface area (Å²) in [6.45, 7) is 15.9. The fraction of sp³-hybridized carbons (Fsp3) is 0.548. The molecule has 1 fully saturated rings. The molecule has 1 saturated carbocycles. The zero-order chi connectivity index (χ0) is 28.7. The first-order chi connectivity index (χ1) is 18.3. The molecule has 8 heteroatoms. The number of esters is 1. The first-order valence-corrected chi connectivity index (χ1v) is 17.6. The molecule has 1 aliphatic heterocycles. The number of halogens is 2. The van der Waals surface area contributed by atoms with Crippen molar-refractivity contribution in [3.05, 3.63) is 68.7 Å². The number of fused-ring (bicyclic) bond motifs is 1. The summed E-state index contributed by atoms with van der Waals surface area (Å²) < 4.78 is 12.0. The minimum atomic E-state index is -2.06. The monoisotopic (exact) mass is 589 g/mol. The maximum Gasteiger partial charge on any atom is 0.309 e. The molecule has 0 N–H and O–H groups in total. The molecule has 0 aromatic heterocycles. The first kappa shape index (κ1) is 30.1. The van der Waals surface area contributed by atoms with Crippen molar-refractivity contribution >= 4 is 43.4 Å². The second-order valence-corrected chi connectivity index (χ2v) is 18.0. The van der Waals surface area contributed by atoms with Gasteiger partial charge in [-0.15, -0.1) is 0 Å². The van der Waals surface area contributed by atoms with E-state index in [2.05, 4.69) is 52.9 Å². The number of hydrogen-bond acceptors (Lipinski definition) is 4. The largest absolute Gasteiger partial charge is 0.466 e.